The predicted molar refractivity (Wildman–Crippen MR) is 125 cm³/mol. The largest absolute Gasteiger partial charge is 0.298 e. The Labute approximate surface area is 186 Å². The van der Waals surface area contributed by atoms with Crippen LogP contribution in [0.15, 0.2) is 94.7 Å². The lowest BCUT2D eigenvalue weighted by atomic mass is 9.96. The lowest BCUT2D eigenvalue weighted by Gasteiger charge is -2.41. The van der Waals surface area contributed by atoms with Gasteiger partial charge in [-0.05, 0) is 43.2 Å². The average Bonchev–Trinajstić information content (AvgIpc) is 2.81. The highest BCUT2D eigenvalue weighted by atomic mass is 32.2. The molecule has 162 valence electrons. The van der Waals surface area contributed by atoms with Crippen LogP contribution < -0.4 is 0 Å². The highest BCUT2D eigenvalue weighted by molar-refractivity contribution is 7.91. The molecule has 1 atom stereocenters. The fourth-order valence-corrected chi connectivity index (χ4v) is 5.93. The van der Waals surface area contributed by atoms with E-state index in [1.165, 1.54) is 0 Å². The topological polar surface area (TPSA) is 40.6 Å². The Balaban J connectivity index is 1.79. The number of rotatable bonds is 6. The van der Waals surface area contributed by atoms with Gasteiger partial charge in [-0.2, -0.15) is 0 Å². The van der Waals surface area contributed by atoms with E-state index in [1.807, 2.05) is 42.5 Å². The maximum atomic E-state index is 13.6. The van der Waals surface area contributed by atoms with Crippen molar-refractivity contribution in [2.75, 3.05) is 26.2 Å². The third-order valence-corrected chi connectivity index (χ3v) is 7.96. The Morgan fingerprint density at radius 1 is 0.677 bits per heavy atom. The summed E-state index contributed by atoms with van der Waals surface area (Å²) in [4.78, 5) is 5.62. The van der Waals surface area contributed by atoms with Crippen LogP contribution in [0.1, 0.15) is 31.0 Å². The number of nitrogens with zero attached hydrogens (tertiary/aromatic N) is 2. The zero-order valence-corrected chi connectivity index (χ0v) is 19.0. The van der Waals surface area contributed by atoms with Crippen molar-refractivity contribution in [1.82, 2.24) is 9.80 Å². The van der Waals surface area contributed by atoms with Crippen LogP contribution in [0.2, 0.25) is 0 Å². The van der Waals surface area contributed by atoms with Crippen molar-refractivity contribution in [1.29, 1.82) is 0 Å². The van der Waals surface area contributed by atoms with Crippen LogP contribution in [-0.4, -0.2) is 50.4 Å². The summed E-state index contributed by atoms with van der Waals surface area (Å²) >= 11 is 0. The first-order valence-corrected chi connectivity index (χ1v) is 12.4. The van der Waals surface area contributed by atoms with Crippen molar-refractivity contribution < 1.29 is 8.42 Å². The van der Waals surface area contributed by atoms with Crippen molar-refractivity contribution in [3.8, 4) is 0 Å². The second kappa shape index (κ2) is 9.35. The molecular weight excluding hydrogens is 404 g/mol. The molecule has 0 bridgehead atoms. The molecule has 4 rings (SSSR count). The van der Waals surface area contributed by atoms with E-state index in [-0.39, 0.29) is 6.04 Å². The first-order valence-electron chi connectivity index (χ1n) is 10.9. The van der Waals surface area contributed by atoms with Gasteiger partial charge in [0.2, 0.25) is 9.84 Å². The second-order valence-electron chi connectivity index (χ2n) is 8.33. The van der Waals surface area contributed by atoms with E-state index in [0.29, 0.717) is 15.8 Å². The van der Waals surface area contributed by atoms with Gasteiger partial charge in [0.15, 0.2) is 0 Å². The minimum Gasteiger partial charge on any atom is -0.298 e. The third kappa shape index (κ3) is 4.59. The van der Waals surface area contributed by atoms with Gasteiger partial charge in [-0.3, -0.25) is 9.80 Å². The molecule has 0 N–H and O–H groups in total. The summed E-state index contributed by atoms with van der Waals surface area (Å²) in [5, 5.41) is 0. The molecule has 1 heterocycles. The highest BCUT2D eigenvalue weighted by Crippen LogP contribution is 2.35. The zero-order valence-electron chi connectivity index (χ0n) is 18.2. The SMILES string of the molecule is CC(C)N1CCN(C(c2ccccc2)c2ccccc2S(=O)(=O)c2ccccc2)CC1. The second-order valence-corrected chi connectivity index (χ2v) is 10.3. The van der Waals surface area contributed by atoms with Crippen LogP contribution in [0.5, 0.6) is 0 Å². The van der Waals surface area contributed by atoms with Gasteiger partial charge in [0, 0.05) is 32.2 Å². The maximum absolute atomic E-state index is 13.6. The molecule has 0 aromatic heterocycles. The summed E-state index contributed by atoms with van der Waals surface area (Å²) in [5.41, 5.74) is 1.96. The van der Waals surface area contributed by atoms with Crippen LogP contribution in [-0.2, 0) is 9.84 Å². The van der Waals surface area contributed by atoms with Gasteiger partial charge in [-0.1, -0.05) is 66.7 Å². The van der Waals surface area contributed by atoms with Crippen LogP contribution in [0.4, 0.5) is 0 Å². The Morgan fingerprint density at radius 2 is 1.19 bits per heavy atom. The smallest absolute Gasteiger partial charge is 0.206 e. The maximum Gasteiger partial charge on any atom is 0.206 e. The average molecular weight is 435 g/mol. The van der Waals surface area contributed by atoms with E-state index in [2.05, 4.69) is 35.8 Å². The number of benzene rings is 3. The minimum atomic E-state index is -3.62. The third-order valence-electron chi connectivity index (χ3n) is 6.12. The molecule has 0 aliphatic carbocycles. The lowest BCUT2D eigenvalue weighted by Crippen LogP contribution is -2.50. The summed E-state index contributed by atoms with van der Waals surface area (Å²) in [7, 11) is -3.62. The molecule has 1 aliphatic rings. The molecule has 0 radical (unpaired) electrons. The molecule has 5 heteroatoms. The molecule has 0 spiro atoms. The summed E-state index contributed by atoms with van der Waals surface area (Å²) in [6, 6.07) is 26.9. The fourth-order valence-electron chi connectivity index (χ4n) is 4.41. The quantitative estimate of drug-likeness (QED) is 0.567. The standard InChI is InChI=1S/C26H30N2O2S/c1-21(2)27-17-19-28(20-18-27)26(22-11-5-3-6-12-22)24-15-9-10-16-25(24)31(29,30)23-13-7-4-8-14-23/h3-16,21,26H,17-20H2,1-2H3. The molecule has 0 saturated carbocycles. The number of hydrogen-bond acceptors (Lipinski definition) is 4. The molecule has 1 unspecified atom stereocenters. The summed E-state index contributed by atoms with van der Waals surface area (Å²) < 4.78 is 27.2. The lowest BCUT2D eigenvalue weighted by molar-refractivity contribution is 0.0885. The van der Waals surface area contributed by atoms with E-state index in [0.717, 1.165) is 37.3 Å². The molecule has 1 aliphatic heterocycles. The van der Waals surface area contributed by atoms with Gasteiger partial charge >= 0.3 is 0 Å². The van der Waals surface area contributed by atoms with Gasteiger partial charge in [-0.15, -0.1) is 0 Å². The molecular formula is C26H30N2O2S. The zero-order chi connectivity index (χ0) is 21.8. The van der Waals surface area contributed by atoms with Crippen LogP contribution in [0.3, 0.4) is 0 Å². The predicted octanol–water partition coefficient (Wildman–Crippen LogP) is 4.63. The molecule has 3 aromatic rings. The van der Waals surface area contributed by atoms with Crippen molar-refractivity contribution in [2.45, 2.75) is 35.7 Å². The highest BCUT2D eigenvalue weighted by Gasteiger charge is 2.31. The van der Waals surface area contributed by atoms with Gasteiger partial charge in [0.1, 0.15) is 0 Å². The Hall–Kier alpha value is -2.47. The number of hydrogen-bond donors (Lipinski definition) is 0. The van der Waals surface area contributed by atoms with E-state index < -0.39 is 9.84 Å². The van der Waals surface area contributed by atoms with Gasteiger partial charge in [-0.25, -0.2) is 8.42 Å². The van der Waals surface area contributed by atoms with Crippen molar-refractivity contribution >= 4 is 9.84 Å². The Bertz CT molecular complexity index is 1090. The van der Waals surface area contributed by atoms with E-state index in [1.54, 1.807) is 30.3 Å². The first-order chi connectivity index (χ1) is 15.0. The summed E-state index contributed by atoms with van der Waals surface area (Å²) in [6.07, 6.45) is 0. The Kier molecular flexibility index (Phi) is 6.56. The normalized spacial score (nSPS) is 17.0. The molecule has 4 nitrogen and oxygen atoms in total. The van der Waals surface area contributed by atoms with Crippen LogP contribution >= 0.6 is 0 Å². The minimum absolute atomic E-state index is 0.106. The molecule has 3 aromatic carbocycles. The molecule has 31 heavy (non-hydrogen) atoms. The summed E-state index contributed by atoms with van der Waals surface area (Å²) in [6.45, 7) is 8.22. The van der Waals surface area contributed by atoms with Crippen molar-refractivity contribution in [3.63, 3.8) is 0 Å². The van der Waals surface area contributed by atoms with Crippen LogP contribution in [0, 0.1) is 0 Å². The summed E-state index contributed by atoms with van der Waals surface area (Å²) in [5.74, 6) is 0. The van der Waals surface area contributed by atoms with E-state index >= 15 is 0 Å². The molecule has 1 fully saturated rings. The number of sulfone groups is 1. The molecule has 0 amide bonds. The van der Waals surface area contributed by atoms with Crippen molar-refractivity contribution in [3.05, 3.63) is 96.1 Å². The molecule has 1 saturated heterocycles. The first kappa shape index (κ1) is 21.8. The fraction of sp³-hybridized carbons (Fsp3) is 0.308. The Morgan fingerprint density at radius 3 is 1.81 bits per heavy atom. The van der Waals surface area contributed by atoms with E-state index in [9.17, 15) is 8.42 Å². The monoisotopic (exact) mass is 434 g/mol. The van der Waals surface area contributed by atoms with Gasteiger partial charge in [0.05, 0.1) is 15.8 Å². The van der Waals surface area contributed by atoms with Crippen LogP contribution in [0.25, 0.3) is 0 Å². The number of piperazine rings is 1. The van der Waals surface area contributed by atoms with Gasteiger partial charge in [0.25, 0.3) is 0 Å². The van der Waals surface area contributed by atoms with Gasteiger partial charge < -0.3 is 0 Å². The van der Waals surface area contributed by atoms with Crippen molar-refractivity contribution in [2.24, 2.45) is 0 Å². The van der Waals surface area contributed by atoms with E-state index in [4.69, 9.17) is 0 Å².